The minimum Gasteiger partial charge on any atom is -0.453 e. The number of nitrogens with one attached hydrogen (secondary N) is 1. The van der Waals surface area contributed by atoms with Crippen molar-refractivity contribution < 1.29 is 19.1 Å². The van der Waals surface area contributed by atoms with Crippen LogP contribution in [-0.4, -0.2) is 45.8 Å². The Morgan fingerprint density at radius 1 is 1.21 bits per heavy atom. The zero-order chi connectivity index (χ0) is 19.7. The number of ether oxygens (including phenoxy) is 1. The topological polar surface area (TPSA) is 105 Å². The van der Waals surface area contributed by atoms with Gasteiger partial charge in [-0.3, -0.25) is 9.59 Å². The lowest BCUT2D eigenvalue weighted by molar-refractivity contribution is -0.118. The Morgan fingerprint density at radius 2 is 2.07 bits per heavy atom. The monoisotopic (exact) mass is 378 g/mol. The third kappa shape index (κ3) is 3.13. The van der Waals surface area contributed by atoms with Crippen LogP contribution in [0, 0.1) is 0 Å². The molecule has 1 aromatic carbocycles. The van der Waals surface area contributed by atoms with Gasteiger partial charge in [-0.2, -0.15) is 0 Å². The lowest BCUT2D eigenvalue weighted by Crippen LogP contribution is -2.27. The number of aromatic nitrogens is 3. The van der Waals surface area contributed by atoms with Crippen LogP contribution in [0.3, 0.4) is 0 Å². The SMILES string of the molecule is CCC(=O)N1CCc2cc(C(=O)COC(=O)c3ncnc4[nH]ccc34)ccc21. The molecule has 4 rings (SSSR count). The summed E-state index contributed by atoms with van der Waals surface area (Å²) < 4.78 is 5.16. The van der Waals surface area contributed by atoms with E-state index in [1.807, 2.05) is 6.92 Å². The molecule has 0 fully saturated rings. The van der Waals surface area contributed by atoms with E-state index < -0.39 is 5.97 Å². The quantitative estimate of drug-likeness (QED) is 0.539. The summed E-state index contributed by atoms with van der Waals surface area (Å²) in [4.78, 5) is 49.3. The lowest BCUT2D eigenvalue weighted by Gasteiger charge is -2.16. The third-order valence-electron chi connectivity index (χ3n) is 4.78. The highest BCUT2D eigenvalue weighted by atomic mass is 16.5. The van der Waals surface area contributed by atoms with Gasteiger partial charge in [-0.15, -0.1) is 0 Å². The largest absolute Gasteiger partial charge is 0.453 e. The van der Waals surface area contributed by atoms with Gasteiger partial charge in [0.05, 0.1) is 5.39 Å². The number of benzene rings is 1. The number of nitrogens with zero attached hydrogens (tertiary/aromatic N) is 3. The summed E-state index contributed by atoms with van der Waals surface area (Å²) in [5, 5.41) is 0.540. The van der Waals surface area contributed by atoms with Crippen molar-refractivity contribution in [3.63, 3.8) is 0 Å². The molecule has 0 radical (unpaired) electrons. The first-order valence-electron chi connectivity index (χ1n) is 9.00. The summed E-state index contributed by atoms with van der Waals surface area (Å²) in [7, 11) is 0. The fourth-order valence-electron chi connectivity index (χ4n) is 3.34. The molecular weight excluding hydrogens is 360 g/mol. The third-order valence-corrected chi connectivity index (χ3v) is 4.78. The summed E-state index contributed by atoms with van der Waals surface area (Å²) in [5.74, 6) is -0.926. The fourth-order valence-corrected chi connectivity index (χ4v) is 3.34. The number of H-pyrrole nitrogens is 1. The van der Waals surface area contributed by atoms with Crippen LogP contribution < -0.4 is 4.90 Å². The predicted molar refractivity (Wildman–Crippen MR) is 101 cm³/mol. The molecule has 3 aromatic rings. The Morgan fingerprint density at radius 3 is 2.89 bits per heavy atom. The molecular formula is C20H18N4O4. The van der Waals surface area contributed by atoms with Gasteiger partial charge in [0.15, 0.2) is 18.1 Å². The number of anilines is 1. The second-order valence-electron chi connectivity index (χ2n) is 6.45. The molecule has 0 bridgehead atoms. The van der Waals surface area contributed by atoms with Crippen molar-refractivity contribution in [3.05, 3.63) is 53.6 Å². The molecule has 8 heteroatoms. The van der Waals surface area contributed by atoms with Gasteiger partial charge in [-0.05, 0) is 36.2 Å². The molecule has 0 saturated carbocycles. The van der Waals surface area contributed by atoms with E-state index in [1.165, 1.54) is 6.33 Å². The van der Waals surface area contributed by atoms with Gasteiger partial charge < -0.3 is 14.6 Å². The number of carbonyl (C=O) groups is 3. The highest BCUT2D eigenvalue weighted by Crippen LogP contribution is 2.29. The van der Waals surface area contributed by atoms with Crippen LogP contribution in [0.2, 0.25) is 0 Å². The molecule has 1 aliphatic rings. The zero-order valence-electron chi connectivity index (χ0n) is 15.3. The van der Waals surface area contributed by atoms with Gasteiger partial charge in [-0.1, -0.05) is 6.92 Å². The van der Waals surface area contributed by atoms with Gasteiger partial charge in [-0.25, -0.2) is 14.8 Å². The van der Waals surface area contributed by atoms with E-state index in [2.05, 4.69) is 15.0 Å². The maximum Gasteiger partial charge on any atom is 0.358 e. The van der Waals surface area contributed by atoms with Gasteiger partial charge in [0, 0.05) is 30.4 Å². The van der Waals surface area contributed by atoms with E-state index in [0.29, 0.717) is 36.0 Å². The number of aromatic amines is 1. The molecule has 0 aliphatic carbocycles. The van der Waals surface area contributed by atoms with E-state index in [4.69, 9.17) is 4.74 Å². The van der Waals surface area contributed by atoms with Crippen molar-refractivity contribution in [2.24, 2.45) is 0 Å². The molecule has 1 amide bonds. The van der Waals surface area contributed by atoms with Gasteiger partial charge >= 0.3 is 5.97 Å². The van der Waals surface area contributed by atoms with E-state index in [-0.39, 0.29) is 24.0 Å². The fraction of sp³-hybridized carbons (Fsp3) is 0.250. The van der Waals surface area contributed by atoms with Crippen molar-refractivity contribution >= 4 is 34.4 Å². The van der Waals surface area contributed by atoms with E-state index >= 15 is 0 Å². The van der Waals surface area contributed by atoms with Gasteiger partial charge in [0.1, 0.15) is 12.0 Å². The highest BCUT2D eigenvalue weighted by Gasteiger charge is 2.25. The molecule has 142 valence electrons. The molecule has 28 heavy (non-hydrogen) atoms. The molecule has 0 atom stereocenters. The van der Waals surface area contributed by atoms with Crippen LogP contribution in [-0.2, 0) is 16.0 Å². The smallest absolute Gasteiger partial charge is 0.358 e. The number of esters is 1. The normalized spacial score (nSPS) is 12.8. The predicted octanol–water partition coefficient (Wildman–Crippen LogP) is 2.30. The summed E-state index contributed by atoms with van der Waals surface area (Å²) in [5.41, 5.74) is 2.88. The first-order chi connectivity index (χ1) is 13.6. The van der Waals surface area contributed by atoms with Crippen molar-refractivity contribution in [2.75, 3.05) is 18.1 Å². The van der Waals surface area contributed by atoms with Crippen LogP contribution in [0.25, 0.3) is 11.0 Å². The van der Waals surface area contributed by atoms with Crippen molar-refractivity contribution in [1.29, 1.82) is 0 Å². The van der Waals surface area contributed by atoms with E-state index in [9.17, 15) is 14.4 Å². The molecule has 3 heterocycles. The van der Waals surface area contributed by atoms with Crippen molar-refractivity contribution in [3.8, 4) is 0 Å². The molecule has 1 aliphatic heterocycles. The number of ketones is 1. The number of fused-ring (bicyclic) bond motifs is 2. The van der Waals surface area contributed by atoms with Crippen LogP contribution in [0.5, 0.6) is 0 Å². The summed E-state index contributed by atoms with van der Waals surface area (Å²) in [6, 6.07) is 6.88. The average Bonchev–Trinajstić information content (AvgIpc) is 3.37. The van der Waals surface area contributed by atoms with Crippen molar-refractivity contribution in [2.45, 2.75) is 19.8 Å². The number of rotatable bonds is 5. The molecule has 1 N–H and O–H groups in total. The van der Waals surface area contributed by atoms with Crippen LogP contribution in [0.15, 0.2) is 36.8 Å². The Kier molecular flexibility index (Phi) is 4.60. The summed E-state index contributed by atoms with van der Waals surface area (Å²) >= 11 is 0. The minimum absolute atomic E-state index is 0.0627. The van der Waals surface area contributed by atoms with E-state index in [0.717, 1.165) is 11.3 Å². The molecule has 2 aromatic heterocycles. The standard InChI is InChI=1S/C20H18N4O4/c1-2-17(26)24-8-6-12-9-13(3-4-15(12)24)16(25)10-28-20(27)18-14-5-7-21-19(14)23-11-22-18/h3-5,7,9,11H,2,6,8,10H2,1H3,(H,21,22,23). The van der Waals surface area contributed by atoms with Crippen molar-refractivity contribution in [1.82, 2.24) is 15.0 Å². The number of Topliss-reactive ketones (excluding diaryl/α,β-unsaturated/α-hetero) is 1. The Hall–Kier alpha value is -3.55. The summed E-state index contributed by atoms with van der Waals surface area (Å²) in [6.07, 6.45) is 4.06. The Balaban J connectivity index is 1.45. The van der Waals surface area contributed by atoms with Crippen LogP contribution in [0.1, 0.15) is 39.8 Å². The Labute approximate surface area is 160 Å². The Bertz CT molecular complexity index is 1090. The van der Waals surface area contributed by atoms with Crippen LogP contribution in [0.4, 0.5) is 5.69 Å². The number of amides is 1. The zero-order valence-corrected chi connectivity index (χ0v) is 15.3. The van der Waals surface area contributed by atoms with Gasteiger partial charge in [0.25, 0.3) is 0 Å². The molecule has 0 unspecified atom stereocenters. The molecule has 8 nitrogen and oxygen atoms in total. The van der Waals surface area contributed by atoms with Gasteiger partial charge in [0.2, 0.25) is 5.91 Å². The highest BCUT2D eigenvalue weighted by molar-refractivity contribution is 6.03. The first kappa shape index (κ1) is 17.8. The second kappa shape index (κ2) is 7.22. The molecule has 0 spiro atoms. The number of carbonyl (C=O) groups excluding carboxylic acids is 3. The average molecular weight is 378 g/mol. The molecule has 0 saturated heterocycles. The minimum atomic E-state index is -0.679. The summed E-state index contributed by atoms with van der Waals surface area (Å²) in [6.45, 7) is 2.06. The second-order valence-corrected chi connectivity index (χ2v) is 6.45. The number of hydrogen-bond donors (Lipinski definition) is 1. The maximum absolute atomic E-state index is 12.5. The van der Waals surface area contributed by atoms with E-state index in [1.54, 1.807) is 35.4 Å². The van der Waals surface area contributed by atoms with Crippen LogP contribution >= 0.6 is 0 Å². The number of hydrogen-bond acceptors (Lipinski definition) is 6. The first-order valence-corrected chi connectivity index (χ1v) is 9.00. The lowest BCUT2D eigenvalue weighted by atomic mass is 10.1. The maximum atomic E-state index is 12.5.